The number of nitrogens with one attached hydrogen (secondary N) is 3. The maximum atomic E-state index is 12.5. The lowest BCUT2D eigenvalue weighted by atomic mass is 10.1. The predicted molar refractivity (Wildman–Crippen MR) is 121 cm³/mol. The molecular weight excluding hydrogens is 386 g/mol. The minimum atomic E-state index is -0.328. The van der Waals surface area contributed by atoms with Gasteiger partial charge in [0.05, 0.1) is 6.61 Å². The summed E-state index contributed by atoms with van der Waals surface area (Å²) in [5.74, 6) is 0.636. The van der Waals surface area contributed by atoms with E-state index < -0.39 is 0 Å². The lowest BCUT2D eigenvalue weighted by Gasteiger charge is -2.15. The average molecular weight is 414 g/mol. The van der Waals surface area contributed by atoms with Crippen LogP contribution in [-0.2, 0) is 4.79 Å². The summed E-state index contributed by atoms with van der Waals surface area (Å²) in [7, 11) is 0. The van der Waals surface area contributed by atoms with Crippen LogP contribution in [-0.4, -0.2) is 23.5 Å². The smallest absolute Gasteiger partial charge is 0.257 e. The zero-order chi connectivity index (χ0) is 21.4. The quantitative estimate of drug-likeness (QED) is 0.582. The summed E-state index contributed by atoms with van der Waals surface area (Å²) in [5, 5.41) is 8.70. The van der Waals surface area contributed by atoms with Crippen LogP contribution in [0.2, 0.25) is 0 Å². The van der Waals surface area contributed by atoms with Crippen molar-refractivity contribution in [3.05, 3.63) is 53.6 Å². The van der Waals surface area contributed by atoms with Gasteiger partial charge < -0.3 is 15.4 Å². The third-order valence-corrected chi connectivity index (χ3v) is 4.29. The molecule has 0 saturated heterocycles. The number of carbonyl (C=O) groups is 2. The number of rotatable bonds is 7. The van der Waals surface area contributed by atoms with E-state index in [1.807, 2.05) is 25.1 Å². The molecule has 0 saturated carbocycles. The van der Waals surface area contributed by atoms with E-state index in [9.17, 15) is 9.59 Å². The number of benzene rings is 2. The van der Waals surface area contributed by atoms with Gasteiger partial charge in [-0.05, 0) is 61.0 Å². The van der Waals surface area contributed by atoms with Crippen LogP contribution in [0.5, 0.6) is 5.75 Å². The molecular formula is C22H27N3O3S. The summed E-state index contributed by atoms with van der Waals surface area (Å²) in [6, 6.07) is 12.4. The Morgan fingerprint density at radius 1 is 1.07 bits per heavy atom. The Kier molecular flexibility index (Phi) is 8.15. The molecule has 0 bridgehead atoms. The van der Waals surface area contributed by atoms with Crippen molar-refractivity contribution < 1.29 is 14.3 Å². The van der Waals surface area contributed by atoms with E-state index >= 15 is 0 Å². The largest absolute Gasteiger partial charge is 0.493 e. The Balaban J connectivity index is 2.02. The van der Waals surface area contributed by atoms with Crippen molar-refractivity contribution in [1.29, 1.82) is 0 Å². The average Bonchev–Trinajstić information content (AvgIpc) is 2.69. The third-order valence-electron chi connectivity index (χ3n) is 4.08. The highest BCUT2D eigenvalue weighted by Crippen LogP contribution is 2.23. The SMILES string of the molecule is CCC(=O)Nc1cccc(NC(=S)NC(=O)c2cccc(OCC(C)C)c2)c1C. The second kappa shape index (κ2) is 10.6. The maximum Gasteiger partial charge on any atom is 0.257 e. The van der Waals surface area contributed by atoms with Crippen LogP contribution in [0.4, 0.5) is 11.4 Å². The van der Waals surface area contributed by atoms with Gasteiger partial charge in [0.1, 0.15) is 5.75 Å². The van der Waals surface area contributed by atoms with E-state index in [-0.39, 0.29) is 16.9 Å². The van der Waals surface area contributed by atoms with E-state index in [1.165, 1.54) is 0 Å². The molecule has 3 N–H and O–H groups in total. The van der Waals surface area contributed by atoms with E-state index in [1.54, 1.807) is 31.2 Å². The number of anilines is 2. The van der Waals surface area contributed by atoms with Crippen LogP contribution in [0.1, 0.15) is 43.1 Å². The highest BCUT2D eigenvalue weighted by molar-refractivity contribution is 7.80. The Labute approximate surface area is 177 Å². The molecule has 0 aliphatic carbocycles. The molecule has 0 aliphatic rings. The van der Waals surface area contributed by atoms with E-state index in [0.717, 1.165) is 5.56 Å². The topological polar surface area (TPSA) is 79.5 Å². The number of hydrogen-bond donors (Lipinski definition) is 3. The Bertz CT molecular complexity index is 897. The number of thiocarbonyl (C=S) groups is 1. The first-order valence-corrected chi connectivity index (χ1v) is 9.95. The molecule has 0 fully saturated rings. The fourth-order valence-corrected chi connectivity index (χ4v) is 2.67. The van der Waals surface area contributed by atoms with Crippen molar-refractivity contribution in [2.75, 3.05) is 17.2 Å². The second-order valence-corrected chi connectivity index (χ2v) is 7.43. The molecule has 0 aromatic heterocycles. The summed E-state index contributed by atoms with van der Waals surface area (Å²) in [6.45, 7) is 8.36. The molecule has 154 valence electrons. The van der Waals surface area contributed by atoms with Gasteiger partial charge in [-0.3, -0.25) is 14.9 Å². The molecule has 6 nitrogen and oxygen atoms in total. The van der Waals surface area contributed by atoms with Gasteiger partial charge in [-0.1, -0.05) is 32.9 Å². The Hall–Kier alpha value is -2.93. The molecule has 0 heterocycles. The van der Waals surface area contributed by atoms with Crippen molar-refractivity contribution in [3.8, 4) is 5.75 Å². The van der Waals surface area contributed by atoms with Crippen molar-refractivity contribution >= 4 is 40.5 Å². The molecule has 0 radical (unpaired) electrons. The van der Waals surface area contributed by atoms with Gasteiger partial charge in [-0.2, -0.15) is 0 Å². The van der Waals surface area contributed by atoms with Gasteiger partial charge in [0.15, 0.2) is 5.11 Å². The van der Waals surface area contributed by atoms with Crippen molar-refractivity contribution in [2.45, 2.75) is 34.1 Å². The van der Waals surface area contributed by atoms with E-state index in [4.69, 9.17) is 17.0 Å². The van der Waals surface area contributed by atoms with E-state index in [0.29, 0.717) is 41.6 Å². The second-order valence-electron chi connectivity index (χ2n) is 7.02. The number of hydrogen-bond acceptors (Lipinski definition) is 4. The summed E-state index contributed by atoms with van der Waals surface area (Å²) in [5.41, 5.74) is 2.69. The minimum absolute atomic E-state index is 0.0688. The van der Waals surface area contributed by atoms with Crippen LogP contribution in [0.15, 0.2) is 42.5 Å². The summed E-state index contributed by atoms with van der Waals surface area (Å²) >= 11 is 5.28. The molecule has 2 aromatic rings. The molecule has 7 heteroatoms. The summed E-state index contributed by atoms with van der Waals surface area (Å²) in [4.78, 5) is 24.2. The third kappa shape index (κ3) is 6.87. The lowest BCUT2D eigenvalue weighted by Crippen LogP contribution is -2.34. The van der Waals surface area contributed by atoms with Gasteiger partial charge in [0, 0.05) is 23.4 Å². The maximum absolute atomic E-state index is 12.5. The first-order valence-electron chi connectivity index (χ1n) is 9.54. The van der Waals surface area contributed by atoms with Crippen LogP contribution < -0.4 is 20.7 Å². The molecule has 29 heavy (non-hydrogen) atoms. The zero-order valence-corrected chi connectivity index (χ0v) is 18.0. The van der Waals surface area contributed by atoms with E-state index in [2.05, 4.69) is 29.8 Å². The van der Waals surface area contributed by atoms with Crippen LogP contribution in [0.25, 0.3) is 0 Å². The van der Waals surface area contributed by atoms with Gasteiger partial charge >= 0.3 is 0 Å². The van der Waals surface area contributed by atoms with Crippen LogP contribution in [0, 0.1) is 12.8 Å². The van der Waals surface area contributed by atoms with Crippen LogP contribution >= 0.6 is 12.2 Å². The normalized spacial score (nSPS) is 10.4. The summed E-state index contributed by atoms with van der Waals surface area (Å²) in [6.07, 6.45) is 0.394. The van der Waals surface area contributed by atoms with Crippen molar-refractivity contribution in [2.24, 2.45) is 5.92 Å². The minimum Gasteiger partial charge on any atom is -0.493 e. The molecule has 0 unspecified atom stereocenters. The fourth-order valence-electron chi connectivity index (χ4n) is 2.46. The molecule has 2 amide bonds. The fraction of sp³-hybridized carbons (Fsp3) is 0.318. The highest BCUT2D eigenvalue weighted by atomic mass is 32.1. The van der Waals surface area contributed by atoms with Crippen molar-refractivity contribution in [3.63, 3.8) is 0 Å². The predicted octanol–water partition coefficient (Wildman–Crippen LogP) is 4.51. The monoisotopic (exact) mass is 413 g/mol. The zero-order valence-electron chi connectivity index (χ0n) is 17.2. The van der Waals surface area contributed by atoms with Gasteiger partial charge in [-0.25, -0.2) is 0 Å². The number of amides is 2. The van der Waals surface area contributed by atoms with Gasteiger partial charge in [0.2, 0.25) is 5.91 Å². The Morgan fingerprint density at radius 3 is 2.38 bits per heavy atom. The number of carbonyl (C=O) groups excluding carboxylic acids is 2. The molecule has 0 spiro atoms. The first-order chi connectivity index (χ1) is 13.8. The Morgan fingerprint density at radius 2 is 1.72 bits per heavy atom. The number of ether oxygens (including phenoxy) is 1. The first kappa shape index (κ1) is 22.4. The van der Waals surface area contributed by atoms with Gasteiger partial charge in [-0.15, -0.1) is 0 Å². The standard InChI is InChI=1S/C22H27N3O3S/c1-5-20(26)23-18-10-7-11-19(15(18)4)24-22(29)25-21(27)16-8-6-9-17(12-16)28-13-14(2)3/h6-12,14H,5,13H2,1-4H3,(H,23,26)(H2,24,25,27,29). The summed E-state index contributed by atoms with van der Waals surface area (Å²) < 4.78 is 5.67. The molecule has 0 atom stereocenters. The molecule has 2 aromatic carbocycles. The van der Waals surface area contributed by atoms with Crippen molar-refractivity contribution in [1.82, 2.24) is 5.32 Å². The lowest BCUT2D eigenvalue weighted by molar-refractivity contribution is -0.115. The molecule has 0 aliphatic heterocycles. The van der Waals surface area contributed by atoms with Crippen LogP contribution in [0.3, 0.4) is 0 Å². The van der Waals surface area contributed by atoms with Gasteiger partial charge in [0.25, 0.3) is 5.91 Å². The molecule has 2 rings (SSSR count). The highest BCUT2D eigenvalue weighted by Gasteiger charge is 2.12.